The molecule has 0 aliphatic heterocycles. The van der Waals surface area contributed by atoms with Crippen LogP contribution >= 0.6 is 0 Å². The highest BCUT2D eigenvalue weighted by atomic mass is 16.5. The van der Waals surface area contributed by atoms with Crippen molar-refractivity contribution in [2.45, 2.75) is 19.3 Å². The molecule has 1 atom stereocenters. The van der Waals surface area contributed by atoms with E-state index in [4.69, 9.17) is 4.74 Å². The van der Waals surface area contributed by atoms with Gasteiger partial charge in [-0.05, 0) is 23.6 Å². The molecule has 0 radical (unpaired) electrons. The smallest absolute Gasteiger partial charge is 0.122 e. The normalized spacial score (nSPS) is 12.2. The van der Waals surface area contributed by atoms with Crippen molar-refractivity contribution in [2.24, 2.45) is 0 Å². The number of aliphatic hydroxyl groups excluding tert-OH is 1. The molecule has 0 aromatic heterocycles. The minimum absolute atomic E-state index is 0.0392. The van der Waals surface area contributed by atoms with Crippen LogP contribution in [0.4, 0.5) is 0 Å². The number of hydrogen-bond donors (Lipinski definition) is 1. The molecule has 2 heteroatoms. The maximum atomic E-state index is 9.76. The Hall–Kier alpha value is -1.80. The van der Waals surface area contributed by atoms with Crippen molar-refractivity contribution in [2.75, 3.05) is 13.7 Å². The van der Waals surface area contributed by atoms with Crippen molar-refractivity contribution in [3.63, 3.8) is 0 Å². The third-order valence-corrected chi connectivity index (χ3v) is 3.46. The van der Waals surface area contributed by atoms with Gasteiger partial charge in [0.25, 0.3) is 0 Å². The van der Waals surface area contributed by atoms with Gasteiger partial charge in [-0.15, -0.1) is 0 Å². The van der Waals surface area contributed by atoms with Gasteiger partial charge < -0.3 is 9.84 Å². The van der Waals surface area contributed by atoms with Gasteiger partial charge in [0, 0.05) is 11.5 Å². The second-order valence-corrected chi connectivity index (χ2v) is 4.58. The first-order valence-electron chi connectivity index (χ1n) is 6.62. The molecule has 1 unspecified atom stereocenters. The lowest BCUT2D eigenvalue weighted by Gasteiger charge is -2.19. The third kappa shape index (κ3) is 2.96. The van der Waals surface area contributed by atoms with Crippen LogP contribution in [0.2, 0.25) is 0 Å². The van der Waals surface area contributed by atoms with Crippen LogP contribution in [0.1, 0.15) is 29.5 Å². The van der Waals surface area contributed by atoms with Crippen molar-refractivity contribution in [1.82, 2.24) is 0 Å². The fraction of sp³-hybridized carbons (Fsp3) is 0.294. The molecule has 0 spiro atoms. The van der Waals surface area contributed by atoms with E-state index in [9.17, 15) is 5.11 Å². The Morgan fingerprint density at radius 2 is 1.84 bits per heavy atom. The number of hydrogen-bond acceptors (Lipinski definition) is 2. The third-order valence-electron chi connectivity index (χ3n) is 3.46. The van der Waals surface area contributed by atoms with Crippen molar-refractivity contribution in [1.29, 1.82) is 0 Å². The second-order valence-electron chi connectivity index (χ2n) is 4.58. The number of methoxy groups -OCH3 is 1. The van der Waals surface area contributed by atoms with Gasteiger partial charge in [0.05, 0.1) is 13.7 Å². The summed E-state index contributed by atoms with van der Waals surface area (Å²) in [6, 6.07) is 16.2. The monoisotopic (exact) mass is 256 g/mol. The Balaban J connectivity index is 2.48. The molecule has 0 fully saturated rings. The molecule has 2 nitrogen and oxygen atoms in total. The summed E-state index contributed by atoms with van der Waals surface area (Å²) in [7, 11) is 1.67. The molecule has 2 rings (SSSR count). The fourth-order valence-corrected chi connectivity index (χ4v) is 2.34. The summed E-state index contributed by atoms with van der Waals surface area (Å²) in [4.78, 5) is 0. The average molecular weight is 256 g/mol. The van der Waals surface area contributed by atoms with Crippen LogP contribution in [0.5, 0.6) is 5.75 Å². The summed E-state index contributed by atoms with van der Waals surface area (Å²) < 4.78 is 5.44. The lowest BCUT2D eigenvalue weighted by Crippen LogP contribution is -2.08. The first-order valence-corrected chi connectivity index (χ1v) is 6.62. The van der Waals surface area contributed by atoms with Gasteiger partial charge in [0.15, 0.2) is 0 Å². The van der Waals surface area contributed by atoms with Crippen LogP contribution in [0.3, 0.4) is 0 Å². The molecule has 2 aromatic carbocycles. The summed E-state index contributed by atoms with van der Waals surface area (Å²) in [6.45, 7) is 2.20. The topological polar surface area (TPSA) is 29.5 Å². The lowest BCUT2D eigenvalue weighted by atomic mass is 9.90. The number of rotatable bonds is 5. The van der Waals surface area contributed by atoms with Crippen molar-refractivity contribution >= 4 is 0 Å². The van der Waals surface area contributed by atoms with E-state index in [1.54, 1.807) is 7.11 Å². The van der Waals surface area contributed by atoms with Crippen LogP contribution < -0.4 is 4.74 Å². The van der Waals surface area contributed by atoms with E-state index in [0.29, 0.717) is 0 Å². The number of aryl methyl sites for hydroxylation is 1. The van der Waals surface area contributed by atoms with Crippen LogP contribution in [-0.4, -0.2) is 18.8 Å². The summed E-state index contributed by atoms with van der Waals surface area (Å²) >= 11 is 0. The maximum absolute atomic E-state index is 9.76. The summed E-state index contributed by atoms with van der Waals surface area (Å²) in [5.74, 6) is 0.794. The van der Waals surface area contributed by atoms with Gasteiger partial charge in [-0.2, -0.15) is 0 Å². The molecule has 0 bridgehead atoms. The SMILES string of the molecule is CCc1ccc(OC)c(C(CO)c2ccccc2)c1. The average Bonchev–Trinajstić information content (AvgIpc) is 2.49. The van der Waals surface area contributed by atoms with E-state index >= 15 is 0 Å². The zero-order valence-electron chi connectivity index (χ0n) is 11.5. The molecule has 0 heterocycles. The quantitative estimate of drug-likeness (QED) is 0.888. The predicted octanol–water partition coefficient (Wildman–Crippen LogP) is 3.38. The van der Waals surface area contributed by atoms with Crippen molar-refractivity contribution in [3.8, 4) is 5.75 Å². The molecule has 0 amide bonds. The van der Waals surface area contributed by atoms with Gasteiger partial charge in [0.2, 0.25) is 0 Å². The molecule has 19 heavy (non-hydrogen) atoms. The molecule has 0 aliphatic rings. The van der Waals surface area contributed by atoms with Gasteiger partial charge in [0.1, 0.15) is 5.75 Å². The van der Waals surface area contributed by atoms with Crippen LogP contribution in [0.25, 0.3) is 0 Å². The highest BCUT2D eigenvalue weighted by Crippen LogP contribution is 2.32. The maximum Gasteiger partial charge on any atom is 0.122 e. The largest absolute Gasteiger partial charge is 0.496 e. The van der Waals surface area contributed by atoms with E-state index in [-0.39, 0.29) is 12.5 Å². The predicted molar refractivity (Wildman–Crippen MR) is 77.7 cm³/mol. The Kier molecular flexibility index (Phi) is 4.58. The minimum atomic E-state index is -0.0392. The van der Waals surface area contributed by atoms with Gasteiger partial charge >= 0.3 is 0 Å². The van der Waals surface area contributed by atoms with Crippen LogP contribution in [-0.2, 0) is 6.42 Å². The molecule has 1 N–H and O–H groups in total. The molecule has 0 saturated heterocycles. The van der Waals surface area contributed by atoms with E-state index in [2.05, 4.69) is 19.1 Å². The summed E-state index contributed by atoms with van der Waals surface area (Å²) in [5.41, 5.74) is 3.41. The lowest BCUT2D eigenvalue weighted by molar-refractivity contribution is 0.277. The molecule has 2 aromatic rings. The van der Waals surface area contributed by atoms with E-state index < -0.39 is 0 Å². The van der Waals surface area contributed by atoms with Crippen LogP contribution in [0, 0.1) is 0 Å². The Labute approximate surface area is 114 Å². The van der Waals surface area contributed by atoms with Gasteiger partial charge in [-0.1, -0.05) is 49.4 Å². The highest BCUT2D eigenvalue weighted by molar-refractivity contribution is 5.44. The number of ether oxygens (including phenoxy) is 1. The molecule has 0 saturated carbocycles. The van der Waals surface area contributed by atoms with Crippen LogP contribution in [0.15, 0.2) is 48.5 Å². The fourth-order valence-electron chi connectivity index (χ4n) is 2.34. The molecule has 0 aliphatic carbocycles. The first kappa shape index (κ1) is 13.6. The number of aliphatic hydroxyl groups is 1. The Bertz CT molecular complexity index is 520. The van der Waals surface area contributed by atoms with E-state index in [1.165, 1.54) is 5.56 Å². The highest BCUT2D eigenvalue weighted by Gasteiger charge is 2.17. The van der Waals surface area contributed by atoms with E-state index in [0.717, 1.165) is 23.3 Å². The first-order chi connectivity index (χ1) is 9.30. The summed E-state index contributed by atoms with van der Waals surface area (Å²) in [6.07, 6.45) is 0.976. The second kappa shape index (κ2) is 6.39. The van der Waals surface area contributed by atoms with Gasteiger partial charge in [-0.3, -0.25) is 0 Å². The zero-order chi connectivity index (χ0) is 13.7. The Morgan fingerprint density at radius 1 is 1.11 bits per heavy atom. The van der Waals surface area contributed by atoms with Crippen molar-refractivity contribution < 1.29 is 9.84 Å². The van der Waals surface area contributed by atoms with Gasteiger partial charge in [-0.25, -0.2) is 0 Å². The minimum Gasteiger partial charge on any atom is -0.496 e. The van der Waals surface area contributed by atoms with E-state index in [1.807, 2.05) is 36.4 Å². The van der Waals surface area contributed by atoms with Crippen molar-refractivity contribution in [3.05, 3.63) is 65.2 Å². The molecule has 100 valence electrons. The summed E-state index contributed by atoms with van der Waals surface area (Å²) in [5, 5.41) is 9.76. The number of benzene rings is 2. The Morgan fingerprint density at radius 3 is 2.42 bits per heavy atom. The standard InChI is InChI=1S/C17H20O2/c1-3-13-9-10-17(19-2)15(11-13)16(12-18)14-7-5-4-6-8-14/h4-11,16,18H,3,12H2,1-2H3. The zero-order valence-corrected chi connectivity index (χ0v) is 11.5. The molecular weight excluding hydrogens is 236 g/mol. The molecular formula is C17H20O2.